The van der Waals surface area contributed by atoms with Crippen molar-refractivity contribution in [2.75, 3.05) is 6.61 Å². The van der Waals surface area contributed by atoms with Gasteiger partial charge in [-0.1, -0.05) is 37.3 Å². The van der Waals surface area contributed by atoms with Crippen LogP contribution in [0.15, 0.2) is 36.4 Å². The number of rotatable bonds is 4. The molecule has 2 aromatic carbocycles. The van der Waals surface area contributed by atoms with E-state index in [-0.39, 0.29) is 18.3 Å². The van der Waals surface area contributed by atoms with Crippen molar-refractivity contribution < 1.29 is 15.3 Å². The zero-order valence-electron chi connectivity index (χ0n) is 10.4. The van der Waals surface area contributed by atoms with E-state index in [9.17, 15) is 10.2 Å². The number of phenolic OH excluding ortho intramolecular Hbond substituents is 1. The minimum Gasteiger partial charge on any atom is -0.507 e. The lowest BCUT2D eigenvalue weighted by atomic mass is 9.91. The summed E-state index contributed by atoms with van der Waals surface area (Å²) in [7, 11) is 0. The lowest BCUT2D eigenvalue weighted by Crippen LogP contribution is -2.11. The Labute approximate surface area is 106 Å². The summed E-state index contributed by atoms with van der Waals surface area (Å²) < 4.78 is 0. The molecule has 0 aliphatic carbocycles. The molecule has 2 atom stereocenters. The van der Waals surface area contributed by atoms with Crippen molar-refractivity contribution in [3.8, 4) is 5.75 Å². The van der Waals surface area contributed by atoms with Crippen molar-refractivity contribution in [1.82, 2.24) is 0 Å². The summed E-state index contributed by atoms with van der Waals surface area (Å²) in [5.41, 5.74) is 0.796. The molecule has 0 saturated heterocycles. The molecular formula is C15H18O3. The molecule has 0 amide bonds. The van der Waals surface area contributed by atoms with Crippen molar-refractivity contribution in [2.45, 2.75) is 19.4 Å². The van der Waals surface area contributed by atoms with Crippen LogP contribution >= 0.6 is 0 Å². The average Bonchev–Trinajstić information content (AvgIpc) is 2.39. The van der Waals surface area contributed by atoms with Gasteiger partial charge in [0.15, 0.2) is 0 Å². The van der Waals surface area contributed by atoms with Crippen LogP contribution in [0.4, 0.5) is 0 Å². The van der Waals surface area contributed by atoms with Gasteiger partial charge in [0.25, 0.3) is 0 Å². The van der Waals surface area contributed by atoms with E-state index in [4.69, 9.17) is 5.11 Å². The van der Waals surface area contributed by atoms with Crippen molar-refractivity contribution >= 4 is 10.8 Å². The zero-order valence-corrected chi connectivity index (χ0v) is 10.4. The molecule has 0 unspecified atom stereocenters. The molecule has 0 spiro atoms. The largest absolute Gasteiger partial charge is 0.507 e. The average molecular weight is 246 g/mol. The van der Waals surface area contributed by atoms with Crippen LogP contribution in [0, 0.1) is 5.92 Å². The fraction of sp³-hybridized carbons (Fsp3) is 0.333. The van der Waals surface area contributed by atoms with Gasteiger partial charge in [0, 0.05) is 12.0 Å². The van der Waals surface area contributed by atoms with Gasteiger partial charge in [-0.05, 0) is 29.4 Å². The first-order valence-corrected chi connectivity index (χ1v) is 6.14. The van der Waals surface area contributed by atoms with E-state index < -0.39 is 6.10 Å². The Balaban J connectivity index is 2.48. The highest BCUT2D eigenvalue weighted by molar-refractivity contribution is 5.91. The number of hydrogen-bond acceptors (Lipinski definition) is 3. The first-order chi connectivity index (χ1) is 8.65. The third-order valence-corrected chi connectivity index (χ3v) is 3.38. The number of aromatic hydroxyl groups is 1. The second kappa shape index (κ2) is 5.38. The standard InChI is InChI=1S/C15H18O3/c1-10(8-9-16)15(18)13-6-7-14(17)12-5-3-2-4-11(12)13/h2-7,10,15-18H,8-9H2,1H3/t10-,15-/m0/s1. The van der Waals surface area contributed by atoms with Gasteiger partial charge in [0.1, 0.15) is 5.75 Å². The van der Waals surface area contributed by atoms with Crippen LogP contribution in [0.2, 0.25) is 0 Å². The number of aliphatic hydroxyl groups is 2. The molecule has 2 rings (SSSR count). The minimum absolute atomic E-state index is 0.0250. The number of phenols is 1. The molecule has 96 valence electrons. The maximum absolute atomic E-state index is 10.3. The Bertz CT molecular complexity index is 536. The third kappa shape index (κ3) is 2.33. The van der Waals surface area contributed by atoms with E-state index in [1.807, 2.05) is 31.2 Å². The summed E-state index contributed by atoms with van der Waals surface area (Å²) in [6.45, 7) is 1.97. The second-order valence-corrected chi connectivity index (χ2v) is 4.65. The maximum atomic E-state index is 10.3. The number of hydrogen-bond donors (Lipinski definition) is 3. The predicted molar refractivity (Wildman–Crippen MR) is 71.4 cm³/mol. The summed E-state index contributed by atoms with van der Waals surface area (Å²) in [6, 6.07) is 10.8. The summed E-state index contributed by atoms with van der Waals surface area (Å²) in [6.07, 6.45) is -0.0845. The molecule has 3 N–H and O–H groups in total. The van der Waals surface area contributed by atoms with Gasteiger partial charge in [-0.3, -0.25) is 0 Å². The van der Waals surface area contributed by atoms with E-state index in [1.54, 1.807) is 12.1 Å². The van der Waals surface area contributed by atoms with Crippen LogP contribution in [0.1, 0.15) is 25.0 Å². The van der Waals surface area contributed by atoms with E-state index >= 15 is 0 Å². The number of fused-ring (bicyclic) bond motifs is 1. The van der Waals surface area contributed by atoms with Crippen LogP contribution in [-0.2, 0) is 0 Å². The van der Waals surface area contributed by atoms with Crippen LogP contribution in [0.25, 0.3) is 10.8 Å². The SMILES string of the molecule is C[C@@H](CCO)[C@H](O)c1ccc(O)c2ccccc12. The van der Waals surface area contributed by atoms with Gasteiger partial charge < -0.3 is 15.3 Å². The van der Waals surface area contributed by atoms with Crippen molar-refractivity contribution in [1.29, 1.82) is 0 Å². The molecule has 0 radical (unpaired) electrons. The Morgan fingerprint density at radius 3 is 2.39 bits per heavy atom. The van der Waals surface area contributed by atoms with Gasteiger partial charge in [-0.25, -0.2) is 0 Å². The monoisotopic (exact) mass is 246 g/mol. The van der Waals surface area contributed by atoms with Gasteiger partial charge in [0.2, 0.25) is 0 Å². The van der Waals surface area contributed by atoms with E-state index in [2.05, 4.69) is 0 Å². The minimum atomic E-state index is -0.636. The summed E-state index contributed by atoms with van der Waals surface area (Å²) in [5.74, 6) is 0.194. The lowest BCUT2D eigenvalue weighted by molar-refractivity contribution is 0.100. The first kappa shape index (κ1) is 12.9. The molecule has 0 aliphatic rings. The van der Waals surface area contributed by atoms with Gasteiger partial charge in [-0.2, -0.15) is 0 Å². The molecule has 3 nitrogen and oxygen atoms in total. The Morgan fingerprint density at radius 1 is 1.06 bits per heavy atom. The van der Waals surface area contributed by atoms with Crippen LogP contribution in [-0.4, -0.2) is 21.9 Å². The highest BCUT2D eigenvalue weighted by Gasteiger charge is 2.18. The summed E-state index contributed by atoms with van der Waals surface area (Å²) >= 11 is 0. The van der Waals surface area contributed by atoms with Gasteiger partial charge >= 0.3 is 0 Å². The Morgan fingerprint density at radius 2 is 1.72 bits per heavy atom. The van der Waals surface area contributed by atoms with E-state index in [1.165, 1.54) is 0 Å². The predicted octanol–water partition coefficient (Wildman–Crippen LogP) is 2.60. The Kier molecular flexibility index (Phi) is 3.84. The number of aliphatic hydroxyl groups excluding tert-OH is 2. The topological polar surface area (TPSA) is 60.7 Å². The van der Waals surface area contributed by atoms with Crippen molar-refractivity contribution in [3.63, 3.8) is 0 Å². The molecule has 3 heteroatoms. The zero-order chi connectivity index (χ0) is 13.1. The second-order valence-electron chi connectivity index (χ2n) is 4.65. The normalized spacial score (nSPS) is 14.6. The van der Waals surface area contributed by atoms with E-state index in [0.717, 1.165) is 16.3 Å². The molecule has 0 aliphatic heterocycles. The summed E-state index contributed by atoms with van der Waals surface area (Å²) in [5, 5.41) is 30.7. The van der Waals surface area contributed by atoms with Crippen molar-refractivity contribution in [2.24, 2.45) is 5.92 Å². The van der Waals surface area contributed by atoms with Crippen LogP contribution in [0.5, 0.6) is 5.75 Å². The first-order valence-electron chi connectivity index (χ1n) is 6.14. The third-order valence-electron chi connectivity index (χ3n) is 3.38. The smallest absolute Gasteiger partial charge is 0.123 e. The molecule has 0 fully saturated rings. The highest BCUT2D eigenvalue weighted by Crippen LogP contribution is 2.34. The molecular weight excluding hydrogens is 228 g/mol. The number of benzene rings is 2. The molecule has 2 aromatic rings. The van der Waals surface area contributed by atoms with Crippen LogP contribution in [0.3, 0.4) is 0 Å². The summed E-state index contributed by atoms with van der Waals surface area (Å²) in [4.78, 5) is 0. The van der Waals surface area contributed by atoms with Gasteiger partial charge in [0.05, 0.1) is 6.10 Å². The molecule has 0 heterocycles. The quantitative estimate of drug-likeness (QED) is 0.777. The van der Waals surface area contributed by atoms with E-state index in [0.29, 0.717) is 6.42 Å². The molecule has 0 bridgehead atoms. The fourth-order valence-corrected chi connectivity index (χ4v) is 2.23. The highest BCUT2D eigenvalue weighted by atomic mass is 16.3. The molecule has 0 saturated carbocycles. The van der Waals surface area contributed by atoms with Crippen LogP contribution < -0.4 is 0 Å². The Hall–Kier alpha value is -1.58. The molecule has 18 heavy (non-hydrogen) atoms. The molecule has 0 aromatic heterocycles. The van der Waals surface area contributed by atoms with Gasteiger partial charge in [-0.15, -0.1) is 0 Å². The fourth-order valence-electron chi connectivity index (χ4n) is 2.23. The maximum Gasteiger partial charge on any atom is 0.123 e. The lowest BCUT2D eigenvalue weighted by Gasteiger charge is -2.20. The van der Waals surface area contributed by atoms with Crippen molar-refractivity contribution in [3.05, 3.63) is 42.0 Å².